The normalized spacial score (nSPS) is 10.9. The first-order valence-corrected chi connectivity index (χ1v) is 6.36. The van der Waals surface area contributed by atoms with Crippen LogP contribution in [0.2, 0.25) is 10.4 Å². The molecule has 3 aromatic rings. The highest BCUT2D eigenvalue weighted by Gasteiger charge is 2.12. The van der Waals surface area contributed by atoms with Gasteiger partial charge in [-0.1, -0.05) is 53.3 Å². The van der Waals surface area contributed by atoms with Crippen LogP contribution >= 0.6 is 34.5 Å². The van der Waals surface area contributed by atoms with Crippen LogP contribution in [-0.4, -0.2) is 15.0 Å². The Morgan fingerprint density at radius 3 is 2.47 bits per heavy atom. The number of hydrogen-bond donors (Lipinski definition) is 0. The van der Waals surface area contributed by atoms with Gasteiger partial charge in [-0.15, -0.1) is 0 Å². The van der Waals surface area contributed by atoms with Crippen molar-refractivity contribution in [3.63, 3.8) is 0 Å². The van der Waals surface area contributed by atoms with E-state index in [0.717, 1.165) is 10.6 Å². The highest BCUT2D eigenvalue weighted by molar-refractivity contribution is 7.21. The second kappa shape index (κ2) is 4.22. The van der Waals surface area contributed by atoms with E-state index >= 15 is 0 Å². The predicted molar refractivity (Wildman–Crippen MR) is 70.7 cm³/mol. The minimum atomic E-state index is 0.144. The van der Waals surface area contributed by atoms with Gasteiger partial charge in [-0.2, -0.15) is 0 Å². The van der Waals surface area contributed by atoms with E-state index in [1.807, 2.05) is 30.3 Å². The molecule has 0 unspecified atom stereocenters. The summed E-state index contributed by atoms with van der Waals surface area (Å²) in [6.07, 6.45) is 0. The Balaban J connectivity index is 2.24. The molecule has 2 aromatic heterocycles. The van der Waals surface area contributed by atoms with E-state index in [1.165, 1.54) is 11.3 Å². The van der Waals surface area contributed by atoms with Gasteiger partial charge in [-0.3, -0.25) is 0 Å². The number of rotatable bonds is 1. The van der Waals surface area contributed by atoms with Crippen molar-refractivity contribution in [2.75, 3.05) is 0 Å². The second-order valence-electron chi connectivity index (χ2n) is 3.32. The monoisotopic (exact) mass is 281 g/mol. The summed E-state index contributed by atoms with van der Waals surface area (Å²) in [7, 11) is 0. The largest absolute Gasteiger partial charge is 0.231 e. The first kappa shape index (κ1) is 10.9. The Morgan fingerprint density at radius 1 is 0.941 bits per heavy atom. The van der Waals surface area contributed by atoms with E-state index in [2.05, 4.69) is 15.0 Å². The Morgan fingerprint density at radius 2 is 1.71 bits per heavy atom. The molecule has 3 rings (SSSR count). The van der Waals surface area contributed by atoms with Crippen LogP contribution in [0.5, 0.6) is 0 Å². The lowest BCUT2D eigenvalue weighted by atomic mass is 10.2. The summed E-state index contributed by atoms with van der Waals surface area (Å²) in [5, 5.41) is 1.29. The number of aromatic nitrogens is 3. The van der Waals surface area contributed by atoms with Crippen LogP contribution in [0.15, 0.2) is 30.3 Å². The van der Waals surface area contributed by atoms with Crippen LogP contribution in [0.1, 0.15) is 0 Å². The smallest absolute Gasteiger partial charge is 0.225 e. The molecule has 2 heterocycles. The summed E-state index contributed by atoms with van der Waals surface area (Å²) in [4.78, 5) is 13.1. The zero-order chi connectivity index (χ0) is 11.8. The molecule has 17 heavy (non-hydrogen) atoms. The van der Waals surface area contributed by atoms with Crippen LogP contribution in [0.3, 0.4) is 0 Å². The standard InChI is InChI=1S/C11H5Cl2N3S/c12-8-7-10(16-11(13)15-8)17-9(14-7)6-4-2-1-3-5-6/h1-5H. The fraction of sp³-hybridized carbons (Fsp3) is 0. The number of benzene rings is 1. The summed E-state index contributed by atoms with van der Waals surface area (Å²) in [5.41, 5.74) is 1.63. The molecule has 0 radical (unpaired) electrons. The fourth-order valence-corrected chi connectivity index (χ4v) is 2.94. The highest BCUT2D eigenvalue weighted by Crippen LogP contribution is 2.32. The van der Waals surface area contributed by atoms with Crippen LogP contribution in [0, 0.1) is 0 Å². The molecule has 0 saturated heterocycles. The molecule has 0 aliphatic carbocycles. The molecule has 6 heteroatoms. The van der Waals surface area contributed by atoms with Gasteiger partial charge in [0.15, 0.2) is 5.15 Å². The van der Waals surface area contributed by atoms with Gasteiger partial charge in [-0.05, 0) is 11.6 Å². The van der Waals surface area contributed by atoms with Gasteiger partial charge < -0.3 is 0 Å². The van der Waals surface area contributed by atoms with Crippen LogP contribution in [0.25, 0.3) is 20.9 Å². The van der Waals surface area contributed by atoms with E-state index in [1.54, 1.807) is 0 Å². The van der Waals surface area contributed by atoms with Crippen LogP contribution in [0.4, 0.5) is 0 Å². The quantitative estimate of drug-likeness (QED) is 0.499. The molecule has 0 aliphatic heterocycles. The number of hydrogen-bond acceptors (Lipinski definition) is 4. The summed E-state index contributed by atoms with van der Waals surface area (Å²) in [5.74, 6) is 0. The van der Waals surface area contributed by atoms with Gasteiger partial charge in [0.2, 0.25) is 5.28 Å². The first-order chi connectivity index (χ1) is 8.24. The van der Waals surface area contributed by atoms with E-state index in [-0.39, 0.29) is 5.28 Å². The highest BCUT2D eigenvalue weighted by atomic mass is 35.5. The summed E-state index contributed by atoms with van der Waals surface area (Å²) >= 11 is 13.2. The lowest BCUT2D eigenvalue weighted by Gasteiger charge is -1.92. The number of nitrogens with zero attached hydrogens (tertiary/aromatic N) is 3. The molecule has 3 nitrogen and oxygen atoms in total. The molecule has 84 valence electrons. The molecule has 0 fully saturated rings. The van der Waals surface area contributed by atoms with Crippen LogP contribution in [-0.2, 0) is 0 Å². The van der Waals surface area contributed by atoms with Crippen molar-refractivity contribution in [2.45, 2.75) is 0 Å². The maximum atomic E-state index is 5.97. The molecular weight excluding hydrogens is 277 g/mol. The predicted octanol–water partition coefficient (Wildman–Crippen LogP) is 4.06. The third-order valence-corrected chi connectivity index (χ3v) is 3.64. The number of thiazole rings is 1. The molecule has 0 saturated carbocycles. The molecule has 0 bridgehead atoms. The van der Waals surface area contributed by atoms with Gasteiger partial charge in [0.05, 0.1) is 0 Å². The molecule has 0 amide bonds. The molecule has 0 atom stereocenters. The van der Waals surface area contributed by atoms with E-state index in [0.29, 0.717) is 15.5 Å². The van der Waals surface area contributed by atoms with Crippen molar-refractivity contribution < 1.29 is 0 Å². The molecule has 0 N–H and O–H groups in total. The fourth-order valence-electron chi connectivity index (χ4n) is 1.47. The minimum absolute atomic E-state index is 0.144. The summed E-state index contributed by atoms with van der Waals surface area (Å²) in [6, 6.07) is 9.85. The van der Waals surface area contributed by atoms with Crippen LogP contribution < -0.4 is 0 Å². The van der Waals surface area contributed by atoms with Crippen molar-refractivity contribution in [1.82, 2.24) is 15.0 Å². The van der Waals surface area contributed by atoms with Gasteiger partial charge in [0.1, 0.15) is 15.4 Å². The maximum absolute atomic E-state index is 5.97. The van der Waals surface area contributed by atoms with Gasteiger partial charge in [-0.25, -0.2) is 15.0 Å². The lowest BCUT2D eigenvalue weighted by molar-refractivity contribution is 1.22. The molecular formula is C11H5Cl2N3S. The van der Waals surface area contributed by atoms with Crippen molar-refractivity contribution in [3.05, 3.63) is 40.8 Å². The Hall–Kier alpha value is -1.23. The Bertz CT molecular complexity index is 682. The summed E-state index contributed by atoms with van der Waals surface area (Å²) < 4.78 is 0. The van der Waals surface area contributed by atoms with Crippen molar-refractivity contribution >= 4 is 44.9 Å². The Labute approximate surface area is 111 Å². The number of halogens is 2. The SMILES string of the molecule is Clc1nc(Cl)c2nc(-c3ccccc3)sc2n1. The van der Waals surface area contributed by atoms with E-state index in [4.69, 9.17) is 23.2 Å². The van der Waals surface area contributed by atoms with Gasteiger partial charge in [0.25, 0.3) is 0 Å². The third kappa shape index (κ3) is 1.99. The minimum Gasteiger partial charge on any atom is -0.231 e. The zero-order valence-electron chi connectivity index (χ0n) is 8.39. The second-order valence-corrected chi connectivity index (χ2v) is 5.00. The van der Waals surface area contributed by atoms with E-state index < -0.39 is 0 Å². The van der Waals surface area contributed by atoms with Gasteiger partial charge in [0, 0.05) is 5.56 Å². The van der Waals surface area contributed by atoms with Crippen molar-refractivity contribution in [3.8, 4) is 10.6 Å². The lowest BCUT2D eigenvalue weighted by Crippen LogP contribution is -1.83. The maximum Gasteiger partial charge on any atom is 0.225 e. The topological polar surface area (TPSA) is 38.7 Å². The van der Waals surface area contributed by atoms with E-state index in [9.17, 15) is 0 Å². The van der Waals surface area contributed by atoms with Gasteiger partial charge >= 0.3 is 0 Å². The Kier molecular flexibility index (Phi) is 2.70. The average molecular weight is 282 g/mol. The average Bonchev–Trinajstić information content (AvgIpc) is 2.74. The molecule has 1 aromatic carbocycles. The van der Waals surface area contributed by atoms with Crippen molar-refractivity contribution in [1.29, 1.82) is 0 Å². The molecule has 0 spiro atoms. The van der Waals surface area contributed by atoms with Crippen molar-refractivity contribution in [2.24, 2.45) is 0 Å². The zero-order valence-corrected chi connectivity index (χ0v) is 10.7. The first-order valence-electron chi connectivity index (χ1n) is 4.79. The third-order valence-electron chi connectivity index (χ3n) is 2.21. The summed E-state index contributed by atoms with van der Waals surface area (Å²) in [6.45, 7) is 0. The molecule has 0 aliphatic rings. The number of fused-ring (bicyclic) bond motifs is 1.